The van der Waals surface area contributed by atoms with Crippen molar-refractivity contribution in [1.82, 2.24) is 15.6 Å². The maximum atomic E-state index is 14.4. The van der Waals surface area contributed by atoms with Gasteiger partial charge in [0.25, 0.3) is 0 Å². The van der Waals surface area contributed by atoms with E-state index in [9.17, 15) is 23.8 Å². The van der Waals surface area contributed by atoms with E-state index >= 15 is 0 Å². The lowest BCUT2D eigenvalue weighted by Crippen LogP contribution is -2.49. The van der Waals surface area contributed by atoms with E-state index in [-0.39, 0.29) is 25.2 Å². The van der Waals surface area contributed by atoms with E-state index in [1.54, 1.807) is 48.7 Å². The first-order valence-corrected chi connectivity index (χ1v) is 19.3. The highest BCUT2D eigenvalue weighted by atomic mass is 32.2. The van der Waals surface area contributed by atoms with E-state index in [1.165, 1.54) is 18.9 Å². The number of carbonyl (C=O) groups excluding carboxylic acids is 3. The van der Waals surface area contributed by atoms with Gasteiger partial charge in [-0.05, 0) is 34.9 Å². The van der Waals surface area contributed by atoms with Gasteiger partial charge < -0.3 is 35.7 Å². The van der Waals surface area contributed by atoms with Crippen LogP contribution >= 0.6 is 19.1 Å². The number of para-hydroxylation sites is 2. The van der Waals surface area contributed by atoms with Crippen molar-refractivity contribution in [3.63, 3.8) is 0 Å². The zero-order valence-corrected chi connectivity index (χ0v) is 29.8. The number of rotatable bonds is 17. The maximum Gasteiger partial charge on any atom is 0.408 e. The third-order valence-electron chi connectivity index (χ3n) is 8.38. The van der Waals surface area contributed by atoms with Gasteiger partial charge >= 0.3 is 6.09 Å². The first kappa shape index (κ1) is 37.2. The number of fused-ring (bicyclic) bond motifs is 1. The molecule has 0 saturated carbocycles. The van der Waals surface area contributed by atoms with Crippen molar-refractivity contribution in [3.8, 4) is 5.75 Å². The molecule has 0 bridgehead atoms. The number of aromatic amines is 1. The molecule has 11 nitrogen and oxygen atoms in total. The Labute approximate surface area is 300 Å². The lowest BCUT2D eigenvalue weighted by atomic mass is 10.0. The van der Waals surface area contributed by atoms with Crippen molar-refractivity contribution in [2.45, 2.75) is 36.2 Å². The van der Waals surface area contributed by atoms with Crippen molar-refractivity contribution in [2.75, 3.05) is 19.0 Å². The van der Waals surface area contributed by atoms with Crippen LogP contribution in [0.2, 0.25) is 0 Å². The molecule has 1 heterocycles. The second kappa shape index (κ2) is 17.8. The summed E-state index contributed by atoms with van der Waals surface area (Å²) in [6.45, 7) is -0.0357. The molecule has 0 radical (unpaired) electrons. The van der Waals surface area contributed by atoms with Crippen LogP contribution in [0.25, 0.3) is 10.9 Å². The molecule has 0 saturated heterocycles. The minimum atomic E-state index is -4.36. The Bertz CT molecular complexity index is 1980. The van der Waals surface area contributed by atoms with E-state index in [4.69, 9.17) is 15.2 Å². The number of ether oxygens (including phenoxy) is 2. The number of benzene rings is 4. The summed E-state index contributed by atoms with van der Waals surface area (Å²) in [5.74, 6) is -3.10. The summed E-state index contributed by atoms with van der Waals surface area (Å²) in [6, 6.07) is 31.7. The van der Waals surface area contributed by atoms with Gasteiger partial charge in [0, 0.05) is 46.8 Å². The predicted octanol–water partition coefficient (Wildman–Crippen LogP) is 5.86. The monoisotopic (exact) mass is 728 g/mol. The molecule has 4 aromatic carbocycles. The average molecular weight is 729 g/mol. The molecule has 0 fully saturated rings. The molecular formula is C38H41N4O7PS. The second-order valence-corrected chi connectivity index (χ2v) is 15.6. The van der Waals surface area contributed by atoms with Crippen molar-refractivity contribution in [2.24, 2.45) is 11.7 Å². The molecule has 5 aromatic rings. The Morgan fingerprint density at radius 3 is 2.22 bits per heavy atom. The number of nitrogens with two attached hydrogens (primary N) is 1. The quantitative estimate of drug-likeness (QED) is 0.0585. The molecule has 51 heavy (non-hydrogen) atoms. The topological polar surface area (TPSA) is 173 Å². The van der Waals surface area contributed by atoms with Crippen LogP contribution in [-0.4, -0.2) is 58.6 Å². The maximum absolute atomic E-state index is 14.4. The number of H-pyrrole nitrogens is 1. The van der Waals surface area contributed by atoms with E-state index in [0.717, 1.165) is 26.9 Å². The molecule has 266 valence electrons. The molecule has 3 amide bonds. The van der Waals surface area contributed by atoms with E-state index < -0.39 is 49.2 Å². The predicted molar refractivity (Wildman–Crippen MR) is 199 cm³/mol. The van der Waals surface area contributed by atoms with Gasteiger partial charge in [-0.2, -0.15) is 0 Å². The highest BCUT2D eigenvalue weighted by molar-refractivity contribution is 7.99. The second-order valence-electron chi connectivity index (χ2n) is 12.0. The molecule has 0 aliphatic rings. The molecule has 0 spiro atoms. The highest BCUT2D eigenvalue weighted by Crippen LogP contribution is 2.49. The van der Waals surface area contributed by atoms with Gasteiger partial charge in [-0.3, -0.25) is 14.2 Å². The summed E-state index contributed by atoms with van der Waals surface area (Å²) in [4.78, 5) is 55.4. The summed E-state index contributed by atoms with van der Waals surface area (Å²) < 4.78 is 25.3. The summed E-state index contributed by atoms with van der Waals surface area (Å²) in [6.07, 6.45) is 0.509. The Morgan fingerprint density at radius 1 is 0.863 bits per heavy atom. The van der Waals surface area contributed by atoms with Gasteiger partial charge in [-0.15, -0.1) is 11.8 Å². The molecule has 4 atom stereocenters. The van der Waals surface area contributed by atoms with Crippen molar-refractivity contribution >= 4 is 47.9 Å². The molecule has 0 aliphatic carbocycles. The fraction of sp³-hybridized carbons (Fsp3) is 0.237. The summed E-state index contributed by atoms with van der Waals surface area (Å²) in [7, 11) is -2.83. The van der Waals surface area contributed by atoms with Crippen molar-refractivity contribution < 1.29 is 33.3 Å². The number of amides is 3. The van der Waals surface area contributed by atoms with Crippen LogP contribution in [-0.2, 0) is 38.3 Å². The minimum Gasteiger partial charge on any atom is -0.496 e. The minimum absolute atomic E-state index is 0.00746. The zero-order valence-electron chi connectivity index (χ0n) is 28.1. The molecule has 5 rings (SSSR count). The zero-order chi connectivity index (χ0) is 36.2. The first-order valence-electron chi connectivity index (χ1n) is 16.4. The van der Waals surface area contributed by atoms with Crippen LogP contribution in [0.15, 0.2) is 120 Å². The Balaban J connectivity index is 1.39. The normalized spacial score (nSPS) is 14.1. The van der Waals surface area contributed by atoms with Gasteiger partial charge in [0.15, 0.2) is 0 Å². The molecular weight excluding hydrogens is 687 g/mol. The number of aromatic nitrogens is 1. The van der Waals surface area contributed by atoms with Gasteiger partial charge in [-0.25, -0.2) is 4.79 Å². The number of hydrogen-bond donors (Lipinski definition) is 5. The molecule has 6 N–H and O–H groups in total. The van der Waals surface area contributed by atoms with Crippen molar-refractivity contribution in [3.05, 3.63) is 132 Å². The number of thioether (sulfide) groups is 1. The molecule has 0 aliphatic heterocycles. The number of alkyl carbamates (subject to hydrolysis) is 1. The fourth-order valence-corrected chi connectivity index (χ4v) is 8.93. The average Bonchev–Trinajstić information content (AvgIpc) is 3.55. The van der Waals surface area contributed by atoms with Crippen LogP contribution in [0.1, 0.15) is 16.7 Å². The summed E-state index contributed by atoms with van der Waals surface area (Å²) in [5.41, 5.74) is 8.89. The number of methoxy groups -OCH3 is 1. The lowest BCUT2D eigenvalue weighted by Gasteiger charge is -2.28. The Morgan fingerprint density at radius 2 is 1.51 bits per heavy atom. The van der Waals surface area contributed by atoms with E-state index in [0.29, 0.717) is 11.3 Å². The van der Waals surface area contributed by atoms with Crippen LogP contribution < -0.4 is 21.1 Å². The molecule has 2 unspecified atom stereocenters. The highest BCUT2D eigenvalue weighted by Gasteiger charge is 2.38. The first-order chi connectivity index (χ1) is 24.6. The molecule has 13 heteroatoms. The van der Waals surface area contributed by atoms with Crippen LogP contribution in [0.4, 0.5) is 4.79 Å². The third-order valence-corrected chi connectivity index (χ3v) is 11.8. The van der Waals surface area contributed by atoms with Gasteiger partial charge in [0.1, 0.15) is 24.2 Å². The largest absolute Gasteiger partial charge is 0.496 e. The Hall–Kier alpha value is -5.03. The number of carbonyl (C=O) groups is 3. The van der Waals surface area contributed by atoms with Gasteiger partial charge in [0.05, 0.1) is 13.0 Å². The molecule has 1 aromatic heterocycles. The standard InChI is InChI=1S/C38H41N4O7PS/c1-48-33-18-10-11-19-34(33)51-25-29(37(44)41-32(36(39)43)21-28-22-40-31-17-9-8-16-30(28)31)24-50(46,47)35(20-26-12-4-2-5-13-26)42-38(45)49-23-27-14-6-3-7-15-27/h2-19,22,29,32,35,40H,20-21,23-25H2,1H3,(H2,39,43)(H,41,44)(H,42,45)(H,46,47)/t29?,32-,35+/m0/s1. The van der Waals surface area contributed by atoms with Gasteiger partial charge in [0.2, 0.25) is 19.2 Å². The summed E-state index contributed by atoms with van der Waals surface area (Å²) in [5, 5.41) is 6.25. The number of primary amides is 1. The fourth-order valence-electron chi connectivity index (χ4n) is 5.65. The van der Waals surface area contributed by atoms with Crippen LogP contribution in [0, 0.1) is 5.92 Å². The van der Waals surface area contributed by atoms with Crippen molar-refractivity contribution in [1.29, 1.82) is 0 Å². The van der Waals surface area contributed by atoms with Crippen LogP contribution in [0.5, 0.6) is 5.75 Å². The van der Waals surface area contributed by atoms with E-state index in [2.05, 4.69) is 15.6 Å². The SMILES string of the molecule is COc1ccccc1SCC(CP(=O)(O)[C@H](Cc1ccccc1)NC(=O)OCc1ccccc1)C(=O)N[C@@H](Cc1c[nH]c2ccccc12)C(N)=O. The number of nitrogens with one attached hydrogen (secondary N) is 3. The third kappa shape index (κ3) is 10.5. The Kier molecular flexibility index (Phi) is 13.0. The summed E-state index contributed by atoms with van der Waals surface area (Å²) >= 11 is 1.28. The van der Waals surface area contributed by atoms with Gasteiger partial charge in [-0.1, -0.05) is 91.0 Å². The lowest BCUT2D eigenvalue weighted by molar-refractivity contribution is -0.129. The van der Waals surface area contributed by atoms with Crippen LogP contribution in [0.3, 0.4) is 0 Å². The number of hydrogen-bond acceptors (Lipinski definition) is 7. The smallest absolute Gasteiger partial charge is 0.408 e. The van der Waals surface area contributed by atoms with E-state index in [1.807, 2.05) is 66.7 Å².